The van der Waals surface area contributed by atoms with Crippen LogP contribution in [0.1, 0.15) is 22.6 Å². The number of esters is 3. The molecular formula is C34H34O9. The lowest BCUT2D eigenvalue weighted by Crippen LogP contribution is -2.11. The van der Waals surface area contributed by atoms with E-state index >= 15 is 0 Å². The van der Waals surface area contributed by atoms with Gasteiger partial charge in [-0.25, -0.2) is 14.4 Å². The van der Waals surface area contributed by atoms with Crippen molar-refractivity contribution in [2.45, 2.75) is 5.92 Å². The average Bonchev–Trinajstić information content (AvgIpc) is 3.05. The molecule has 3 rings (SSSR count). The Morgan fingerprint density at radius 1 is 0.465 bits per heavy atom. The summed E-state index contributed by atoms with van der Waals surface area (Å²) in [5, 5.41) is 0. The summed E-state index contributed by atoms with van der Waals surface area (Å²) in [6.45, 7) is 11.1. The van der Waals surface area contributed by atoms with E-state index in [4.69, 9.17) is 28.4 Å². The van der Waals surface area contributed by atoms with Crippen molar-refractivity contribution < 1.29 is 42.8 Å². The fourth-order valence-corrected chi connectivity index (χ4v) is 3.93. The van der Waals surface area contributed by atoms with Gasteiger partial charge in [-0.15, -0.1) is 0 Å². The number of carbonyl (C=O) groups is 3. The molecule has 43 heavy (non-hydrogen) atoms. The van der Waals surface area contributed by atoms with Crippen LogP contribution in [0, 0.1) is 0 Å². The van der Waals surface area contributed by atoms with E-state index in [0.717, 1.165) is 34.9 Å². The molecule has 0 fully saturated rings. The van der Waals surface area contributed by atoms with E-state index in [1.54, 1.807) is 0 Å². The Kier molecular flexibility index (Phi) is 13.1. The number of benzene rings is 3. The summed E-state index contributed by atoms with van der Waals surface area (Å²) in [7, 11) is 0. The molecule has 3 aromatic rings. The Hall–Kier alpha value is -5.31. The zero-order valence-corrected chi connectivity index (χ0v) is 23.8. The SMILES string of the molecule is C=CC(=O)OCCOc1ccc(C(c2ccc(OCCOC(=O)C=C)cc2)c2ccc(OCCOC(=O)C=C)cc2)cc1. The number of hydrogen-bond donors (Lipinski definition) is 0. The first-order valence-electron chi connectivity index (χ1n) is 13.5. The van der Waals surface area contributed by atoms with Crippen LogP contribution in [0.3, 0.4) is 0 Å². The molecule has 9 heteroatoms. The molecule has 0 saturated carbocycles. The quantitative estimate of drug-likeness (QED) is 0.0654. The van der Waals surface area contributed by atoms with Crippen molar-refractivity contribution in [3.05, 3.63) is 127 Å². The van der Waals surface area contributed by atoms with Crippen molar-refractivity contribution >= 4 is 17.9 Å². The number of hydrogen-bond acceptors (Lipinski definition) is 9. The Balaban J connectivity index is 1.73. The molecule has 3 aromatic carbocycles. The molecule has 0 bridgehead atoms. The first-order valence-corrected chi connectivity index (χ1v) is 13.5. The summed E-state index contributed by atoms with van der Waals surface area (Å²) in [6, 6.07) is 23.0. The van der Waals surface area contributed by atoms with Gasteiger partial charge in [-0.2, -0.15) is 0 Å². The average molecular weight is 587 g/mol. The fourth-order valence-electron chi connectivity index (χ4n) is 3.93. The van der Waals surface area contributed by atoms with Crippen LogP contribution in [-0.4, -0.2) is 57.5 Å². The zero-order valence-electron chi connectivity index (χ0n) is 23.8. The van der Waals surface area contributed by atoms with Crippen molar-refractivity contribution in [3.63, 3.8) is 0 Å². The maximum absolute atomic E-state index is 11.2. The van der Waals surface area contributed by atoms with Crippen molar-refractivity contribution in [1.82, 2.24) is 0 Å². The van der Waals surface area contributed by atoms with E-state index in [1.807, 2.05) is 72.8 Å². The van der Waals surface area contributed by atoms with Gasteiger partial charge in [0.25, 0.3) is 0 Å². The lowest BCUT2D eigenvalue weighted by Gasteiger charge is -2.20. The molecule has 0 aliphatic rings. The van der Waals surface area contributed by atoms with Gasteiger partial charge in [0, 0.05) is 24.1 Å². The molecule has 224 valence electrons. The van der Waals surface area contributed by atoms with E-state index in [-0.39, 0.29) is 45.6 Å². The third-order valence-electron chi connectivity index (χ3n) is 5.93. The molecule has 0 atom stereocenters. The molecule has 0 aliphatic carbocycles. The minimum atomic E-state index is -0.498. The van der Waals surface area contributed by atoms with E-state index in [0.29, 0.717) is 17.2 Å². The van der Waals surface area contributed by atoms with Crippen LogP contribution in [-0.2, 0) is 28.6 Å². The van der Waals surface area contributed by atoms with Gasteiger partial charge in [-0.1, -0.05) is 56.1 Å². The van der Waals surface area contributed by atoms with Gasteiger partial charge in [0.1, 0.15) is 56.9 Å². The van der Waals surface area contributed by atoms with Gasteiger partial charge in [0.05, 0.1) is 0 Å². The third kappa shape index (κ3) is 10.9. The Morgan fingerprint density at radius 2 is 0.721 bits per heavy atom. The second-order valence-corrected chi connectivity index (χ2v) is 8.80. The van der Waals surface area contributed by atoms with Crippen LogP contribution < -0.4 is 14.2 Å². The summed E-state index contributed by atoms with van der Waals surface area (Å²) >= 11 is 0. The van der Waals surface area contributed by atoms with Crippen LogP contribution in [0.2, 0.25) is 0 Å². The highest BCUT2D eigenvalue weighted by Gasteiger charge is 2.18. The first kappa shape index (κ1) is 32.2. The Bertz CT molecular complexity index is 1190. The van der Waals surface area contributed by atoms with Crippen LogP contribution in [0.15, 0.2) is 111 Å². The van der Waals surface area contributed by atoms with Gasteiger partial charge in [-0.05, 0) is 53.1 Å². The second kappa shape index (κ2) is 17.5. The standard InChI is InChI=1S/C34H34O9/c1-4-31(35)41-22-19-38-28-13-7-25(8-14-28)34(26-9-15-29(16-10-26)39-20-23-42-32(36)5-2)27-11-17-30(18-12-27)40-21-24-43-33(37)6-3/h4-18,34H,1-3,19-24H2. The Labute approximate surface area is 250 Å². The van der Waals surface area contributed by atoms with Gasteiger partial charge in [-0.3, -0.25) is 0 Å². The topological polar surface area (TPSA) is 107 Å². The molecule has 0 spiro atoms. The molecule has 0 aliphatic heterocycles. The monoisotopic (exact) mass is 586 g/mol. The summed E-state index contributed by atoms with van der Waals surface area (Å²) in [6.07, 6.45) is 3.32. The predicted molar refractivity (Wildman–Crippen MR) is 160 cm³/mol. The van der Waals surface area contributed by atoms with Gasteiger partial charge in [0.2, 0.25) is 0 Å². The molecule has 0 unspecified atom stereocenters. The third-order valence-corrected chi connectivity index (χ3v) is 5.93. The smallest absolute Gasteiger partial charge is 0.330 e. The number of carbonyl (C=O) groups excluding carboxylic acids is 3. The van der Waals surface area contributed by atoms with E-state index in [1.165, 1.54) is 0 Å². The molecule has 0 amide bonds. The second-order valence-electron chi connectivity index (χ2n) is 8.80. The highest BCUT2D eigenvalue weighted by Crippen LogP contribution is 2.34. The van der Waals surface area contributed by atoms with Crippen LogP contribution in [0.25, 0.3) is 0 Å². The van der Waals surface area contributed by atoms with Gasteiger partial charge >= 0.3 is 17.9 Å². The van der Waals surface area contributed by atoms with Crippen molar-refractivity contribution in [3.8, 4) is 17.2 Å². The molecule has 0 aromatic heterocycles. The maximum Gasteiger partial charge on any atom is 0.330 e. The van der Waals surface area contributed by atoms with Gasteiger partial charge < -0.3 is 28.4 Å². The Morgan fingerprint density at radius 3 is 0.953 bits per heavy atom. The number of rotatable bonds is 18. The lowest BCUT2D eigenvalue weighted by molar-refractivity contribution is -0.139. The molecule has 0 saturated heterocycles. The maximum atomic E-state index is 11.2. The van der Waals surface area contributed by atoms with Crippen molar-refractivity contribution in [1.29, 1.82) is 0 Å². The van der Waals surface area contributed by atoms with E-state index in [2.05, 4.69) is 19.7 Å². The fraction of sp³-hybridized carbons (Fsp3) is 0.206. The van der Waals surface area contributed by atoms with Crippen LogP contribution in [0.4, 0.5) is 0 Å². The molecule has 0 radical (unpaired) electrons. The van der Waals surface area contributed by atoms with Crippen molar-refractivity contribution in [2.24, 2.45) is 0 Å². The zero-order chi connectivity index (χ0) is 30.9. The van der Waals surface area contributed by atoms with Crippen LogP contribution >= 0.6 is 0 Å². The summed E-state index contributed by atoms with van der Waals surface area (Å²) in [4.78, 5) is 33.6. The lowest BCUT2D eigenvalue weighted by atomic mass is 9.85. The van der Waals surface area contributed by atoms with E-state index in [9.17, 15) is 14.4 Å². The van der Waals surface area contributed by atoms with Crippen molar-refractivity contribution in [2.75, 3.05) is 39.6 Å². The number of ether oxygens (including phenoxy) is 6. The highest BCUT2D eigenvalue weighted by atomic mass is 16.6. The van der Waals surface area contributed by atoms with Crippen LogP contribution in [0.5, 0.6) is 17.2 Å². The largest absolute Gasteiger partial charge is 0.490 e. The van der Waals surface area contributed by atoms with E-state index < -0.39 is 17.9 Å². The predicted octanol–water partition coefficient (Wildman–Crippen LogP) is 5.19. The summed E-state index contributed by atoms with van der Waals surface area (Å²) in [5.74, 6) is 0.287. The minimum absolute atomic E-state index is 0.117. The molecule has 0 heterocycles. The highest BCUT2D eigenvalue weighted by molar-refractivity contribution is 5.81. The molecule has 0 N–H and O–H groups in total. The first-order chi connectivity index (χ1) is 20.9. The normalized spacial score (nSPS) is 10.3. The minimum Gasteiger partial charge on any atom is -0.490 e. The van der Waals surface area contributed by atoms with Gasteiger partial charge in [0.15, 0.2) is 0 Å². The molecule has 9 nitrogen and oxygen atoms in total. The summed E-state index contributed by atoms with van der Waals surface area (Å²) < 4.78 is 31.9. The summed E-state index contributed by atoms with van der Waals surface area (Å²) in [5.41, 5.74) is 3.04. The molecular weight excluding hydrogens is 552 g/mol.